The van der Waals surface area contributed by atoms with Crippen LogP contribution in [-0.2, 0) is 4.79 Å². The van der Waals surface area contributed by atoms with Gasteiger partial charge in [0.1, 0.15) is 0 Å². The van der Waals surface area contributed by atoms with Crippen molar-refractivity contribution in [3.63, 3.8) is 0 Å². The zero-order valence-corrected chi connectivity index (χ0v) is 11.2. The molecule has 1 aromatic carbocycles. The first-order valence-corrected chi connectivity index (χ1v) is 7.22. The lowest BCUT2D eigenvalue weighted by atomic mass is 9.81. The largest absolute Gasteiger partial charge is 0.325 e. The van der Waals surface area contributed by atoms with Crippen molar-refractivity contribution in [2.24, 2.45) is 5.92 Å². The van der Waals surface area contributed by atoms with Gasteiger partial charge in [0.15, 0.2) is 0 Å². The fraction of sp³-hybridized carbons (Fsp3) is 0.533. The Morgan fingerprint density at radius 2 is 2.00 bits per heavy atom. The summed E-state index contributed by atoms with van der Waals surface area (Å²) in [6.45, 7) is 0. The second-order valence-electron chi connectivity index (χ2n) is 5.51. The zero-order valence-electron chi connectivity index (χ0n) is 10.4. The molecule has 1 heterocycles. The Morgan fingerprint density at radius 1 is 1.22 bits per heavy atom. The molecule has 1 aliphatic carbocycles. The van der Waals surface area contributed by atoms with E-state index in [4.69, 9.17) is 11.6 Å². The number of hydrogen-bond donors (Lipinski definition) is 1. The van der Waals surface area contributed by atoms with Gasteiger partial charge in [-0.05, 0) is 36.1 Å². The number of rotatable bonds is 2. The molecule has 18 heavy (non-hydrogen) atoms. The number of nitrogens with one attached hydrogen (secondary N) is 1. The highest BCUT2D eigenvalue weighted by Crippen LogP contribution is 2.40. The predicted octanol–water partition coefficient (Wildman–Crippen LogP) is 4.35. The highest BCUT2D eigenvalue weighted by Gasteiger charge is 2.32. The van der Waals surface area contributed by atoms with Gasteiger partial charge in [-0.25, -0.2) is 0 Å². The summed E-state index contributed by atoms with van der Waals surface area (Å²) in [7, 11) is 0. The standard InChI is InChI=1S/C15H18ClNO/c16-11-6-7-14-12(9-11)13(15(18)17-14)8-10-4-2-1-3-5-10/h6-7,9-10,13H,1-5,8H2,(H,17,18). The van der Waals surface area contributed by atoms with Crippen LogP contribution >= 0.6 is 11.6 Å². The van der Waals surface area contributed by atoms with E-state index in [1.54, 1.807) is 0 Å². The van der Waals surface area contributed by atoms with Crippen molar-refractivity contribution in [2.45, 2.75) is 44.4 Å². The van der Waals surface area contributed by atoms with Gasteiger partial charge in [0.25, 0.3) is 0 Å². The number of amides is 1. The van der Waals surface area contributed by atoms with E-state index in [0.717, 1.165) is 22.7 Å². The number of carbonyl (C=O) groups excluding carboxylic acids is 1. The lowest BCUT2D eigenvalue weighted by molar-refractivity contribution is -0.117. The minimum Gasteiger partial charge on any atom is -0.325 e. The van der Waals surface area contributed by atoms with Crippen molar-refractivity contribution >= 4 is 23.2 Å². The summed E-state index contributed by atoms with van der Waals surface area (Å²) < 4.78 is 0. The van der Waals surface area contributed by atoms with E-state index in [0.29, 0.717) is 5.92 Å². The first-order chi connectivity index (χ1) is 8.74. The van der Waals surface area contributed by atoms with E-state index >= 15 is 0 Å². The predicted molar refractivity (Wildman–Crippen MR) is 74.0 cm³/mol. The molecule has 1 fully saturated rings. The van der Waals surface area contributed by atoms with Crippen molar-refractivity contribution < 1.29 is 4.79 Å². The Labute approximate surface area is 113 Å². The van der Waals surface area contributed by atoms with Crippen LogP contribution < -0.4 is 5.32 Å². The molecular weight excluding hydrogens is 246 g/mol. The molecule has 2 aliphatic rings. The van der Waals surface area contributed by atoms with Gasteiger partial charge in [0.2, 0.25) is 5.91 Å². The summed E-state index contributed by atoms with van der Waals surface area (Å²) in [6.07, 6.45) is 7.54. The van der Waals surface area contributed by atoms with Gasteiger partial charge in [0, 0.05) is 10.7 Å². The molecule has 0 spiro atoms. The molecule has 1 aliphatic heterocycles. The molecule has 0 radical (unpaired) electrons. The van der Waals surface area contributed by atoms with Crippen LogP contribution in [0, 0.1) is 5.92 Å². The third-order valence-corrected chi connectivity index (χ3v) is 4.49. The Morgan fingerprint density at radius 3 is 2.78 bits per heavy atom. The van der Waals surface area contributed by atoms with E-state index in [9.17, 15) is 4.79 Å². The Bertz CT molecular complexity index is 466. The van der Waals surface area contributed by atoms with Crippen molar-refractivity contribution in [3.05, 3.63) is 28.8 Å². The van der Waals surface area contributed by atoms with Crippen LogP contribution in [0.3, 0.4) is 0 Å². The summed E-state index contributed by atoms with van der Waals surface area (Å²) in [5.74, 6) is 0.874. The van der Waals surface area contributed by atoms with Crippen LogP contribution in [0.4, 0.5) is 5.69 Å². The molecule has 0 saturated heterocycles. The Hall–Kier alpha value is -1.02. The maximum absolute atomic E-state index is 12.1. The smallest absolute Gasteiger partial charge is 0.232 e. The molecule has 1 N–H and O–H groups in total. The number of carbonyl (C=O) groups is 1. The summed E-state index contributed by atoms with van der Waals surface area (Å²) >= 11 is 6.04. The topological polar surface area (TPSA) is 29.1 Å². The van der Waals surface area contributed by atoms with Gasteiger partial charge >= 0.3 is 0 Å². The highest BCUT2D eigenvalue weighted by molar-refractivity contribution is 6.31. The van der Waals surface area contributed by atoms with Crippen molar-refractivity contribution in [3.8, 4) is 0 Å². The van der Waals surface area contributed by atoms with Crippen LogP contribution in [0.25, 0.3) is 0 Å². The summed E-state index contributed by atoms with van der Waals surface area (Å²) in [5, 5.41) is 3.69. The molecule has 1 atom stereocenters. The van der Waals surface area contributed by atoms with Crippen molar-refractivity contribution in [2.75, 3.05) is 5.32 Å². The van der Waals surface area contributed by atoms with Gasteiger partial charge in [-0.2, -0.15) is 0 Å². The molecule has 0 bridgehead atoms. The third kappa shape index (κ3) is 2.26. The highest BCUT2D eigenvalue weighted by atomic mass is 35.5. The number of fused-ring (bicyclic) bond motifs is 1. The van der Waals surface area contributed by atoms with E-state index in [1.165, 1.54) is 32.1 Å². The molecule has 3 rings (SSSR count). The number of anilines is 1. The average molecular weight is 264 g/mol. The second kappa shape index (κ2) is 4.93. The van der Waals surface area contributed by atoms with E-state index in [2.05, 4.69) is 5.32 Å². The minimum atomic E-state index is 0.0156. The third-order valence-electron chi connectivity index (χ3n) is 4.26. The Kier molecular flexibility index (Phi) is 3.29. The molecule has 3 heteroatoms. The lowest BCUT2D eigenvalue weighted by Crippen LogP contribution is -2.17. The lowest BCUT2D eigenvalue weighted by Gasteiger charge is -2.23. The zero-order chi connectivity index (χ0) is 12.5. The quantitative estimate of drug-likeness (QED) is 0.845. The van der Waals surface area contributed by atoms with E-state index in [-0.39, 0.29) is 11.8 Å². The van der Waals surface area contributed by atoms with Crippen LogP contribution in [0.2, 0.25) is 5.02 Å². The molecule has 1 amide bonds. The number of halogens is 1. The van der Waals surface area contributed by atoms with Crippen molar-refractivity contribution in [1.29, 1.82) is 0 Å². The average Bonchev–Trinajstić information content (AvgIpc) is 2.67. The summed E-state index contributed by atoms with van der Waals surface area (Å²) in [4.78, 5) is 12.1. The van der Waals surface area contributed by atoms with Crippen molar-refractivity contribution in [1.82, 2.24) is 0 Å². The van der Waals surface area contributed by atoms with Gasteiger partial charge in [-0.1, -0.05) is 43.7 Å². The van der Waals surface area contributed by atoms with Gasteiger partial charge in [-0.15, -0.1) is 0 Å². The number of hydrogen-bond acceptors (Lipinski definition) is 1. The number of benzene rings is 1. The van der Waals surface area contributed by atoms with Crippen LogP contribution in [0.1, 0.15) is 50.0 Å². The molecule has 2 nitrogen and oxygen atoms in total. The molecular formula is C15H18ClNO. The van der Waals surface area contributed by atoms with Crippen LogP contribution in [0.15, 0.2) is 18.2 Å². The minimum absolute atomic E-state index is 0.0156. The van der Waals surface area contributed by atoms with Gasteiger partial charge < -0.3 is 5.32 Å². The summed E-state index contributed by atoms with van der Waals surface area (Å²) in [5.41, 5.74) is 2.04. The normalized spacial score (nSPS) is 23.8. The van der Waals surface area contributed by atoms with E-state index in [1.807, 2.05) is 18.2 Å². The molecule has 0 aromatic heterocycles. The van der Waals surface area contributed by atoms with Crippen LogP contribution in [0.5, 0.6) is 0 Å². The van der Waals surface area contributed by atoms with E-state index < -0.39 is 0 Å². The van der Waals surface area contributed by atoms with Gasteiger partial charge in [-0.3, -0.25) is 4.79 Å². The molecule has 1 aromatic rings. The first kappa shape index (κ1) is 12.0. The molecule has 1 unspecified atom stereocenters. The summed E-state index contributed by atoms with van der Waals surface area (Å²) in [6, 6.07) is 5.70. The fourth-order valence-electron chi connectivity index (χ4n) is 3.29. The second-order valence-corrected chi connectivity index (χ2v) is 5.95. The SMILES string of the molecule is O=C1Nc2ccc(Cl)cc2C1CC1CCCCC1. The maximum atomic E-state index is 12.1. The maximum Gasteiger partial charge on any atom is 0.232 e. The fourth-order valence-corrected chi connectivity index (χ4v) is 3.47. The molecule has 96 valence electrons. The molecule has 1 saturated carbocycles. The van der Waals surface area contributed by atoms with Gasteiger partial charge in [0.05, 0.1) is 5.92 Å². The van der Waals surface area contributed by atoms with Crippen LogP contribution in [-0.4, -0.2) is 5.91 Å². The first-order valence-electron chi connectivity index (χ1n) is 6.84. The monoisotopic (exact) mass is 263 g/mol. The Balaban J connectivity index is 1.80.